The Morgan fingerprint density at radius 2 is 1.97 bits per heavy atom. The molecule has 6 heteroatoms. The Hall–Kier alpha value is -2.37. The van der Waals surface area contributed by atoms with Gasteiger partial charge in [0.15, 0.2) is 5.11 Å². The van der Waals surface area contributed by atoms with Gasteiger partial charge >= 0.3 is 0 Å². The Kier molecular flexibility index (Phi) is 5.61. The monoisotopic (exact) mass is 424 g/mol. The summed E-state index contributed by atoms with van der Waals surface area (Å²) in [5.41, 5.74) is 5.71. The lowest BCUT2D eigenvalue weighted by Gasteiger charge is -2.27. The van der Waals surface area contributed by atoms with E-state index in [1.807, 2.05) is 36.5 Å². The van der Waals surface area contributed by atoms with E-state index in [0.717, 1.165) is 34.5 Å². The van der Waals surface area contributed by atoms with Gasteiger partial charge in [0.05, 0.1) is 17.8 Å². The molecule has 1 saturated heterocycles. The van der Waals surface area contributed by atoms with E-state index < -0.39 is 0 Å². The summed E-state index contributed by atoms with van der Waals surface area (Å²) >= 11 is 12.0. The molecule has 0 bridgehead atoms. The second-order valence-electron chi connectivity index (χ2n) is 7.46. The summed E-state index contributed by atoms with van der Waals surface area (Å²) in [6.45, 7) is 7.39. The number of benzene rings is 1. The molecule has 1 aliphatic heterocycles. The highest BCUT2D eigenvalue weighted by Gasteiger charge is 2.40. The molecular formula is C23H25ClN4S. The predicted molar refractivity (Wildman–Crippen MR) is 123 cm³/mol. The zero-order valence-corrected chi connectivity index (χ0v) is 18.5. The van der Waals surface area contributed by atoms with Gasteiger partial charge in [0, 0.05) is 34.8 Å². The zero-order chi connectivity index (χ0) is 20.5. The number of nitrogens with zero attached hydrogens (tertiary/aromatic N) is 3. The molecule has 2 aromatic heterocycles. The van der Waals surface area contributed by atoms with Gasteiger partial charge in [-0.15, -0.1) is 0 Å². The second kappa shape index (κ2) is 8.17. The summed E-state index contributed by atoms with van der Waals surface area (Å²) < 4.78 is 2.27. The molecule has 3 aromatic rings. The molecule has 150 valence electrons. The quantitative estimate of drug-likeness (QED) is 0.546. The van der Waals surface area contributed by atoms with Crippen molar-refractivity contribution in [2.45, 2.75) is 39.3 Å². The fourth-order valence-electron chi connectivity index (χ4n) is 4.33. The van der Waals surface area contributed by atoms with E-state index in [9.17, 15) is 0 Å². The Morgan fingerprint density at radius 3 is 2.66 bits per heavy atom. The number of thiocarbonyl (C=S) groups is 1. The number of aryl methyl sites for hydroxylation is 1. The van der Waals surface area contributed by atoms with Crippen molar-refractivity contribution in [2.24, 2.45) is 0 Å². The summed E-state index contributed by atoms with van der Waals surface area (Å²) in [6, 6.07) is 16.4. The maximum absolute atomic E-state index is 6.26. The van der Waals surface area contributed by atoms with Gasteiger partial charge in [-0.2, -0.15) is 0 Å². The molecule has 29 heavy (non-hydrogen) atoms. The first kappa shape index (κ1) is 19.9. The molecule has 1 aliphatic rings. The highest BCUT2D eigenvalue weighted by Crippen LogP contribution is 2.41. The number of nitrogens with one attached hydrogen (secondary N) is 1. The Morgan fingerprint density at radius 1 is 1.14 bits per heavy atom. The first-order valence-electron chi connectivity index (χ1n) is 9.94. The highest BCUT2D eigenvalue weighted by molar-refractivity contribution is 7.80. The van der Waals surface area contributed by atoms with Crippen LogP contribution in [0.4, 0.5) is 0 Å². The molecule has 1 N–H and O–H groups in total. The lowest BCUT2D eigenvalue weighted by molar-refractivity contribution is 0.316. The van der Waals surface area contributed by atoms with E-state index in [2.05, 4.69) is 58.7 Å². The fraction of sp³-hybridized carbons (Fsp3) is 0.304. The van der Waals surface area contributed by atoms with Gasteiger partial charge in [0.25, 0.3) is 0 Å². The van der Waals surface area contributed by atoms with E-state index in [1.165, 1.54) is 17.0 Å². The van der Waals surface area contributed by atoms with E-state index in [0.29, 0.717) is 0 Å². The lowest BCUT2D eigenvalue weighted by Crippen LogP contribution is -2.30. The molecule has 4 rings (SSSR count). The van der Waals surface area contributed by atoms with Gasteiger partial charge in [0.2, 0.25) is 0 Å². The fourth-order valence-corrected chi connectivity index (χ4v) is 4.84. The van der Waals surface area contributed by atoms with Crippen LogP contribution in [0.3, 0.4) is 0 Å². The van der Waals surface area contributed by atoms with Crippen molar-refractivity contribution in [3.05, 3.63) is 82.4 Å². The van der Waals surface area contributed by atoms with Crippen LogP contribution < -0.4 is 5.32 Å². The van der Waals surface area contributed by atoms with Crippen molar-refractivity contribution in [3.8, 4) is 5.69 Å². The molecule has 0 radical (unpaired) electrons. The maximum atomic E-state index is 6.26. The van der Waals surface area contributed by atoms with Crippen LogP contribution >= 0.6 is 23.8 Å². The third-order valence-corrected chi connectivity index (χ3v) is 6.11. The summed E-state index contributed by atoms with van der Waals surface area (Å²) in [5, 5.41) is 5.05. The smallest absolute Gasteiger partial charge is 0.170 e. The van der Waals surface area contributed by atoms with Gasteiger partial charge in [-0.05, 0) is 74.4 Å². The molecule has 4 nitrogen and oxygen atoms in total. The van der Waals surface area contributed by atoms with E-state index in [-0.39, 0.29) is 12.1 Å². The van der Waals surface area contributed by atoms with Crippen LogP contribution in [0.15, 0.2) is 54.7 Å². The minimum atomic E-state index is 0.0172. The van der Waals surface area contributed by atoms with Crippen LogP contribution in [-0.4, -0.2) is 26.1 Å². The van der Waals surface area contributed by atoms with Crippen molar-refractivity contribution < 1.29 is 0 Å². The summed E-state index contributed by atoms with van der Waals surface area (Å²) in [4.78, 5) is 6.93. The van der Waals surface area contributed by atoms with Gasteiger partial charge in [-0.1, -0.05) is 30.7 Å². The number of hydrogen-bond donors (Lipinski definition) is 1. The summed E-state index contributed by atoms with van der Waals surface area (Å²) in [5.74, 6) is 0. The Balaban J connectivity index is 1.84. The van der Waals surface area contributed by atoms with Crippen LogP contribution in [0.1, 0.15) is 48.1 Å². The molecule has 0 spiro atoms. The number of hydrogen-bond acceptors (Lipinski definition) is 2. The molecule has 1 fully saturated rings. The normalized spacial score (nSPS) is 18.9. The Labute approximate surface area is 182 Å². The molecule has 0 amide bonds. The minimum Gasteiger partial charge on any atom is -0.352 e. The molecular weight excluding hydrogens is 400 g/mol. The van der Waals surface area contributed by atoms with Gasteiger partial charge in [0.1, 0.15) is 0 Å². The zero-order valence-electron chi connectivity index (χ0n) is 16.9. The van der Waals surface area contributed by atoms with Gasteiger partial charge in [-0.25, -0.2) is 0 Å². The molecule has 3 heterocycles. The van der Waals surface area contributed by atoms with Crippen LogP contribution in [0, 0.1) is 13.8 Å². The number of rotatable bonds is 5. The molecule has 1 aromatic carbocycles. The topological polar surface area (TPSA) is 33.1 Å². The van der Waals surface area contributed by atoms with Crippen molar-refractivity contribution in [3.63, 3.8) is 0 Å². The van der Waals surface area contributed by atoms with Crippen molar-refractivity contribution in [2.75, 3.05) is 6.54 Å². The van der Waals surface area contributed by atoms with E-state index in [1.54, 1.807) is 0 Å². The first-order chi connectivity index (χ1) is 14.0. The number of pyridine rings is 1. The summed E-state index contributed by atoms with van der Waals surface area (Å²) in [7, 11) is 0. The molecule has 0 saturated carbocycles. The van der Waals surface area contributed by atoms with E-state index in [4.69, 9.17) is 23.8 Å². The van der Waals surface area contributed by atoms with Gasteiger partial charge in [-0.3, -0.25) is 4.98 Å². The average Bonchev–Trinajstić information content (AvgIpc) is 3.18. The second-order valence-corrected chi connectivity index (χ2v) is 8.28. The Bertz CT molecular complexity index is 1030. The van der Waals surface area contributed by atoms with Crippen molar-refractivity contribution in [1.82, 2.24) is 19.8 Å². The molecule has 2 atom stereocenters. The largest absolute Gasteiger partial charge is 0.352 e. The number of aromatic nitrogens is 2. The lowest BCUT2D eigenvalue weighted by atomic mass is 9.96. The van der Waals surface area contributed by atoms with Crippen LogP contribution in [-0.2, 0) is 0 Å². The maximum Gasteiger partial charge on any atom is 0.170 e. The minimum absolute atomic E-state index is 0.0172. The standard InChI is InChI=1S/C23H25ClN4S/c1-4-12-27-22(21(26-23(27)29)20-10-5-6-11-25-20)19-13-15(2)28(16(19)3)18-9-7-8-17(24)14-18/h5-11,13-14,21-22H,4,12H2,1-3H3,(H,26,29)/t21-,22+/m0/s1. The summed E-state index contributed by atoms with van der Waals surface area (Å²) in [6.07, 6.45) is 2.87. The number of halogens is 1. The van der Waals surface area contributed by atoms with Crippen LogP contribution in [0.5, 0.6) is 0 Å². The van der Waals surface area contributed by atoms with Crippen molar-refractivity contribution in [1.29, 1.82) is 0 Å². The van der Waals surface area contributed by atoms with E-state index >= 15 is 0 Å². The third-order valence-electron chi connectivity index (χ3n) is 5.52. The molecule has 0 unspecified atom stereocenters. The predicted octanol–water partition coefficient (Wildman–Crippen LogP) is 5.53. The molecule has 0 aliphatic carbocycles. The van der Waals surface area contributed by atoms with Crippen LogP contribution in [0.25, 0.3) is 5.69 Å². The van der Waals surface area contributed by atoms with Gasteiger partial charge < -0.3 is 14.8 Å². The van der Waals surface area contributed by atoms with Crippen molar-refractivity contribution >= 4 is 28.9 Å². The van der Waals surface area contributed by atoms with Crippen LogP contribution in [0.2, 0.25) is 5.02 Å². The highest BCUT2D eigenvalue weighted by atomic mass is 35.5. The first-order valence-corrected chi connectivity index (χ1v) is 10.7. The average molecular weight is 425 g/mol. The third kappa shape index (κ3) is 3.65. The SMILES string of the molecule is CCCN1C(=S)N[C@@H](c2ccccn2)[C@H]1c1cc(C)n(-c2cccc(Cl)c2)c1C.